The van der Waals surface area contributed by atoms with E-state index in [1.54, 1.807) is 4.90 Å². The van der Waals surface area contributed by atoms with Gasteiger partial charge in [-0.15, -0.1) is 0 Å². The Balaban J connectivity index is 1.99. The number of carbonyl (C=O) groups is 1. The lowest BCUT2D eigenvalue weighted by Gasteiger charge is -2.42. The molecule has 0 heterocycles. The van der Waals surface area contributed by atoms with Crippen molar-refractivity contribution in [2.45, 2.75) is 36.7 Å². The van der Waals surface area contributed by atoms with Crippen LogP contribution in [0.2, 0.25) is 5.02 Å². The van der Waals surface area contributed by atoms with Crippen LogP contribution in [0.3, 0.4) is 0 Å². The summed E-state index contributed by atoms with van der Waals surface area (Å²) in [4.78, 5) is 12.3. The fourth-order valence-corrected chi connectivity index (χ4v) is 4.39. The quantitative estimate of drug-likeness (QED) is 0.769. The van der Waals surface area contributed by atoms with Crippen LogP contribution in [0.15, 0.2) is 23.1 Å². The third-order valence-electron chi connectivity index (χ3n) is 3.88. The van der Waals surface area contributed by atoms with E-state index in [4.69, 9.17) is 16.7 Å². The van der Waals surface area contributed by atoms with Crippen molar-refractivity contribution in [3.63, 3.8) is 0 Å². The lowest BCUT2D eigenvalue weighted by Crippen LogP contribution is -2.54. The Kier molecular flexibility index (Phi) is 5.61. The molecule has 1 fully saturated rings. The topological polar surface area (TPSA) is 86.7 Å². The van der Waals surface area contributed by atoms with E-state index in [1.807, 2.05) is 6.92 Å². The van der Waals surface area contributed by atoms with Crippen LogP contribution < -0.4 is 4.72 Å². The normalized spacial score (nSPS) is 21.2. The van der Waals surface area contributed by atoms with Gasteiger partial charge in [0, 0.05) is 12.1 Å². The van der Waals surface area contributed by atoms with E-state index in [2.05, 4.69) is 4.72 Å². The highest BCUT2D eigenvalue weighted by atomic mass is 35.5. The number of nitrogens with one attached hydrogen (secondary N) is 1. The molecule has 0 aliphatic heterocycles. The third kappa shape index (κ3) is 4.41. The summed E-state index contributed by atoms with van der Waals surface area (Å²) >= 11 is 5.82. The second-order valence-electron chi connectivity index (χ2n) is 5.48. The summed E-state index contributed by atoms with van der Waals surface area (Å²) in [5, 5.41) is 8.79. The van der Waals surface area contributed by atoms with E-state index >= 15 is 0 Å². The molecule has 0 aromatic heterocycles. The van der Waals surface area contributed by atoms with Crippen LogP contribution in [-0.2, 0) is 14.8 Å². The van der Waals surface area contributed by atoms with Crippen molar-refractivity contribution in [1.29, 1.82) is 0 Å². The van der Waals surface area contributed by atoms with Gasteiger partial charge >= 0.3 is 5.97 Å². The first-order valence-electron chi connectivity index (χ1n) is 7.16. The summed E-state index contributed by atoms with van der Waals surface area (Å²) in [5.74, 6) is -1.60. The molecule has 1 aliphatic rings. The van der Waals surface area contributed by atoms with Crippen LogP contribution in [0.4, 0.5) is 4.39 Å². The number of benzene rings is 1. The summed E-state index contributed by atoms with van der Waals surface area (Å²) < 4.78 is 40.2. The highest BCUT2D eigenvalue weighted by Gasteiger charge is 2.36. The van der Waals surface area contributed by atoms with Gasteiger partial charge in [-0.1, -0.05) is 18.5 Å². The maximum Gasteiger partial charge on any atom is 0.317 e. The minimum absolute atomic E-state index is 0.0202. The molecule has 6 nitrogen and oxygen atoms in total. The van der Waals surface area contributed by atoms with Gasteiger partial charge in [-0.2, -0.15) is 0 Å². The Morgan fingerprint density at radius 3 is 2.70 bits per heavy atom. The molecular weight excluding hydrogens is 347 g/mol. The smallest absolute Gasteiger partial charge is 0.317 e. The van der Waals surface area contributed by atoms with E-state index < -0.39 is 21.8 Å². The fourth-order valence-electron chi connectivity index (χ4n) is 2.62. The van der Waals surface area contributed by atoms with Gasteiger partial charge in [-0.25, -0.2) is 17.5 Å². The average molecular weight is 365 g/mol. The molecule has 1 aromatic rings. The third-order valence-corrected chi connectivity index (χ3v) is 5.88. The van der Waals surface area contributed by atoms with Gasteiger partial charge < -0.3 is 5.11 Å². The highest BCUT2D eigenvalue weighted by molar-refractivity contribution is 7.89. The summed E-state index contributed by atoms with van der Waals surface area (Å²) in [6.45, 7) is 2.36. The standard InChI is InChI=1S/C14H18ClFN2O4S/c1-2-18(8-14(19)20)11-6-10(7-11)17-23(21,22)13-5-9(16)3-4-12(13)15/h3-5,10-11,17H,2,6-8H2,1H3,(H,19,20). The number of nitrogens with zero attached hydrogens (tertiary/aromatic N) is 1. The van der Waals surface area contributed by atoms with Crippen LogP contribution in [0.5, 0.6) is 0 Å². The summed E-state index contributed by atoms with van der Waals surface area (Å²) in [7, 11) is -3.91. The first-order chi connectivity index (χ1) is 10.7. The zero-order valence-corrected chi connectivity index (χ0v) is 14.1. The van der Waals surface area contributed by atoms with Gasteiger partial charge in [0.25, 0.3) is 0 Å². The Hall–Kier alpha value is -1.22. The van der Waals surface area contributed by atoms with Crippen LogP contribution in [0.25, 0.3) is 0 Å². The van der Waals surface area contributed by atoms with Crippen molar-refractivity contribution in [2.24, 2.45) is 0 Å². The zero-order chi connectivity index (χ0) is 17.2. The maximum atomic E-state index is 13.2. The largest absolute Gasteiger partial charge is 0.480 e. The van der Waals surface area contributed by atoms with E-state index in [0.29, 0.717) is 19.4 Å². The molecule has 9 heteroatoms. The molecule has 0 amide bonds. The molecule has 23 heavy (non-hydrogen) atoms. The van der Waals surface area contributed by atoms with E-state index in [1.165, 1.54) is 6.07 Å². The highest BCUT2D eigenvalue weighted by Crippen LogP contribution is 2.29. The van der Waals surface area contributed by atoms with E-state index in [0.717, 1.165) is 12.1 Å². The second-order valence-corrected chi connectivity index (χ2v) is 7.56. The number of carboxylic acids is 1. The molecular formula is C14H18ClFN2O4S. The van der Waals surface area contributed by atoms with Crippen molar-refractivity contribution in [3.05, 3.63) is 29.0 Å². The van der Waals surface area contributed by atoms with Crippen molar-refractivity contribution in [2.75, 3.05) is 13.1 Å². The lowest BCUT2D eigenvalue weighted by atomic mass is 9.86. The molecule has 128 valence electrons. The zero-order valence-electron chi connectivity index (χ0n) is 12.5. The minimum Gasteiger partial charge on any atom is -0.480 e. The van der Waals surface area contributed by atoms with Gasteiger partial charge in [0.05, 0.1) is 11.6 Å². The molecule has 0 saturated heterocycles. The summed E-state index contributed by atoms with van der Waals surface area (Å²) in [5.41, 5.74) is 0. The first kappa shape index (κ1) is 18.1. The number of rotatable bonds is 7. The number of likely N-dealkylation sites (N-methyl/N-ethyl adjacent to an activating group) is 1. The van der Waals surface area contributed by atoms with Gasteiger partial charge in [-0.3, -0.25) is 9.69 Å². The average Bonchev–Trinajstić information content (AvgIpc) is 2.42. The van der Waals surface area contributed by atoms with Gasteiger partial charge in [0.1, 0.15) is 10.7 Å². The van der Waals surface area contributed by atoms with Crippen molar-refractivity contribution in [1.82, 2.24) is 9.62 Å². The predicted molar refractivity (Wildman–Crippen MR) is 83.4 cm³/mol. The molecule has 0 radical (unpaired) electrons. The number of sulfonamides is 1. The van der Waals surface area contributed by atoms with Gasteiger partial charge in [0.2, 0.25) is 10.0 Å². The monoisotopic (exact) mass is 364 g/mol. The Bertz CT molecular complexity index is 692. The summed E-state index contributed by atoms with van der Waals surface area (Å²) in [6.07, 6.45) is 1.01. The lowest BCUT2D eigenvalue weighted by molar-refractivity contribution is -0.139. The number of aliphatic carboxylic acids is 1. The maximum absolute atomic E-state index is 13.2. The van der Waals surface area contributed by atoms with Crippen LogP contribution >= 0.6 is 11.6 Å². The molecule has 1 saturated carbocycles. The van der Waals surface area contributed by atoms with Gasteiger partial charge in [0.15, 0.2) is 0 Å². The second kappa shape index (κ2) is 7.12. The van der Waals surface area contributed by atoms with Crippen molar-refractivity contribution >= 4 is 27.6 Å². The molecule has 2 N–H and O–H groups in total. The Morgan fingerprint density at radius 2 is 2.13 bits per heavy atom. The molecule has 1 aliphatic carbocycles. The molecule has 2 rings (SSSR count). The minimum atomic E-state index is -3.91. The molecule has 1 aromatic carbocycles. The Labute approximate surface area is 139 Å². The van der Waals surface area contributed by atoms with Crippen LogP contribution in [0.1, 0.15) is 19.8 Å². The molecule has 0 spiro atoms. The number of hydrogen-bond donors (Lipinski definition) is 2. The van der Waals surface area contributed by atoms with Crippen molar-refractivity contribution < 1.29 is 22.7 Å². The van der Waals surface area contributed by atoms with E-state index in [9.17, 15) is 17.6 Å². The van der Waals surface area contributed by atoms with Crippen molar-refractivity contribution in [3.8, 4) is 0 Å². The molecule has 0 bridgehead atoms. The SMILES string of the molecule is CCN(CC(=O)O)C1CC(NS(=O)(=O)c2cc(F)ccc2Cl)C1. The molecule has 0 atom stereocenters. The fraction of sp³-hybridized carbons (Fsp3) is 0.500. The number of hydrogen-bond acceptors (Lipinski definition) is 4. The Morgan fingerprint density at radius 1 is 1.48 bits per heavy atom. The molecule has 0 unspecified atom stereocenters. The number of carboxylic acid groups (broad SMARTS) is 1. The van der Waals surface area contributed by atoms with E-state index in [-0.39, 0.29) is 28.5 Å². The first-order valence-corrected chi connectivity index (χ1v) is 9.02. The predicted octanol–water partition coefficient (Wildman–Crippen LogP) is 1.69. The summed E-state index contributed by atoms with van der Waals surface area (Å²) in [6, 6.07) is 2.87. The van der Waals surface area contributed by atoms with Crippen LogP contribution in [0, 0.1) is 5.82 Å². The van der Waals surface area contributed by atoms with Crippen LogP contribution in [-0.4, -0.2) is 49.6 Å². The van der Waals surface area contributed by atoms with Gasteiger partial charge in [-0.05, 0) is 37.6 Å². The number of halogens is 2.